The number of aliphatic imine (C=N–C) groups is 1. The number of aromatic hydroxyl groups is 1. The molecule has 20 heavy (non-hydrogen) atoms. The van der Waals surface area contributed by atoms with E-state index in [1.165, 1.54) is 0 Å². The van der Waals surface area contributed by atoms with E-state index in [4.69, 9.17) is 9.68 Å². The second kappa shape index (κ2) is 6.13. The van der Waals surface area contributed by atoms with E-state index in [0.717, 1.165) is 18.3 Å². The number of aryl methyl sites for hydroxylation is 1. The van der Waals surface area contributed by atoms with Gasteiger partial charge < -0.3 is 9.52 Å². The highest BCUT2D eigenvalue weighted by atomic mass is 127. The Kier molecular flexibility index (Phi) is 4.70. The van der Waals surface area contributed by atoms with Gasteiger partial charge in [0, 0.05) is 11.8 Å². The standard InChI is InChI=1S/C14H10I2N2O2/c1-7-8(2)20-14(10(7)5-17)18-6-9-3-11(15)13(19)12(16)4-9/h3-4,6,19H,1-2H3. The lowest BCUT2D eigenvalue weighted by Crippen LogP contribution is -1.87. The van der Waals surface area contributed by atoms with Crippen LogP contribution in [-0.4, -0.2) is 11.3 Å². The van der Waals surface area contributed by atoms with E-state index in [1.807, 2.05) is 26.0 Å². The van der Waals surface area contributed by atoms with E-state index >= 15 is 0 Å². The van der Waals surface area contributed by atoms with Crippen LogP contribution in [0.3, 0.4) is 0 Å². The van der Waals surface area contributed by atoms with Crippen LogP contribution < -0.4 is 0 Å². The van der Waals surface area contributed by atoms with E-state index < -0.39 is 0 Å². The molecule has 1 aromatic heterocycles. The summed E-state index contributed by atoms with van der Waals surface area (Å²) in [6.07, 6.45) is 1.63. The van der Waals surface area contributed by atoms with Crippen LogP contribution in [0.2, 0.25) is 0 Å². The molecule has 0 aliphatic heterocycles. The summed E-state index contributed by atoms with van der Waals surface area (Å²) in [5.74, 6) is 1.29. The van der Waals surface area contributed by atoms with Crippen molar-refractivity contribution in [1.29, 1.82) is 5.26 Å². The molecule has 0 amide bonds. The number of halogens is 2. The predicted octanol–water partition coefficient (Wildman–Crippen LogP) is 4.43. The van der Waals surface area contributed by atoms with Gasteiger partial charge in [0.15, 0.2) is 0 Å². The Balaban J connectivity index is 2.40. The number of hydrogen-bond acceptors (Lipinski definition) is 4. The fourth-order valence-electron chi connectivity index (χ4n) is 1.62. The third kappa shape index (κ3) is 2.98. The summed E-state index contributed by atoms with van der Waals surface area (Å²) < 4.78 is 6.97. The second-order valence-electron chi connectivity index (χ2n) is 4.17. The van der Waals surface area contributed by atoms with Crippen molar-refractivity contribution in [1.82, 2.24) is 0 Å². The molecule has 0 radical (unpaired) electrons. The van der Waals surface area contributed by atoms with Crippen LogP contribution in [0, 0.1) is 32.3 Å². The number of phenolic OH excluding ortho intramolecular Hbond substituents is 1. The van der Waals surface area contributed by atoms with E-state index in [2.05, 4.69) is 56.2 Å². The van der Waals surface area contributed by atoms with Crippen molar-refractivity contribution in [3.63, 3.8) is 0 Å². The number of rotatable bonds is 2. The zero-order valence-electron chi connectivity index (χ0n) is 10.7. The lowest BCUT2D eigenvalue weighted by atomic mass is 10.2. The van der Waals surface area contributed by atoms with E-state index in [1.54, 1.807) is 6.21 Å². The summed E-state index contributed by atoms with van der Waals surface area (Å²) in [5.41, 5.74) is 2.11. The Hall–Kier alpha value is -1.08. The largest absolute Gasteiger partial charge is 0.506 e. The van der Waals surface area contributed by atoms with Gasteiger partial charge in [-0.15, -0.1) is 0 Å². The smallest absolute Gasteiger partial charge is 0.237 e. The number of nitriles is 1. The maximum absolute atomic E-state index is 9.72. The van der Waals surface area contributed by atoms with Gasteiger partial charge in [0.1, 0.15) is 23.1 Å². The fraction of sp³-hybridized carbons (Fsp3) is 0.143. The molecule has 0 saturated carbocycles. The molecule has 102 valence electrons. The van der Waals surface area contributed by atoms with Crippen molar-refractivity contribution >= 4 is 57.3 Å². The summed E-state index contributed by atoms with van der Waals surface area (Å²) in [6, 6.07) is 5.73. The fourth-order valence-corrected chi connectivity index (χ4v) is 3.44. The third-order valence-corrected chi connectivity index (χ3v) is 4.49. The van der Waals surface area contributed by atoms with Gasteiger partial charge in [-0.3, -0.25) is 0 Å². The topological polar surface area (TPSA) is 69.5 Å². The molecule has 1 heterocycles. The SMILES string of the molecule is Cc1oc(N=Cc2cc(I)c(O)c(I)c2)c(C#N)c1C. The maximum Gasteiger partial charge on any atom is 0.237 e. The van der Waals surface area contributed by atoms with Crippen molar-refractivity contribution in [2.24, 2.45) is 4.99 Å². The third-order valence-electron chi connectivity index (χ3n) is 2.85. The van der Waals surface area contributed by atoms with Crippen LogP contribution in [-0.2, 0) is 0 Å². The average Bonchev–Trinajstić information content (AvgIpc) is 2.68. The highest BCUT2D eigenvalue weighted by molar-refractivity contribution is 14.1. The van der Waals surface area contributed by atoms with Crippen molar-refractivity contribution in [3.05, 3.63) is 41.7 Å². The number of benzene rings is 1. The first kappa shape index (κ1) is 15.3. The molecular weight excluding hydrogens is 482 g/mol. The van der Waals surface area contributed by atoms with Crippen LogP contribution in [0.5, 0.6) is 5.75 Å². The Morgan fingerprint density at radius 1 is 1.30 bits per heavy atom. The minimum Gasteiger partial charge on any atom is -0.506 e. The van der Waals surface area contributed by atoms with Crippen LogP contribution in [0.15, 0.2) is 21.5 Å². The molecule has 0 aliphatic rings. The van der Waals surface area contributed by atoms with Crippen molar-refractivity contribution in [2.75, 3.05) is 0 Å². The molecular formula is C14H10I2N2O2. The summed E-state index contributed by atoms with van der Waals surface area (Å²) in [4.78, 5) is 4.24. The zero-order valence-corrected chi connectivity index (χ0v) is 15.1. The highest BCUT2D eigenvalue weighted by Crippen LogP contribution is 2.29. The second-order valence-corrected chi connectivity index (χ2v) is 6.49. The van der Waals surface area contributed by atoms with Gasteiger partial charge in [-0.2, -0.15) is 5.26 Å². The minimum absolute atomic E-state index is 0.269. The van der Waals surface area contributed by atoms with Crippen molar-refractivity contribution < 1.29 is 9.52 Å². The maximum atomic E-state index is 9.72. The molecule has 2 aromatic rings. The molecule has 1 aromatic carbocycles. The summed E-state index contributed by atoms with van der Waals surface area (Å²) >= 11 is 4.12. The molecule has 0 aliphatic carbocycles. The Morgan fingerprint density at radius 3 is 2.45 bits per heavy atom. The van der Waals surface area contributed by atoms with E-state index in [-0.39, 0.29) is 5.75 Å². The van der Waals surface area contributed by atoms with Gasteiger partial charge in [-0.05, 0) is 76.7 Å². The molecule has 6 heteroatoms. The normalized spacial score (nSPS) is 10.9. The summed E-state index contributed by atoms with van der Waals surface area (Å²) in [7, 11) is 0. The van der Waals surface area contributed by atoms with E-state index in [0.29, 0.717) is 17.2 Å². The van der Waals surface area contributed by atoms with Gasteiger partial charge in [0.2, 0.25) is 5.88 Å². The van der Waals surface area contributed by atoms with Crippen LogP contribution in [0.1, 0.15) is 22.5 Å². The zero-order chi connectivity index (χ0) is 14.9. The quantitative estimate of drug-likeness (QED) is 0.499. The average molecular weight is 492 g/mol. The Morgan fingerprint density at radius 2 is 1.90 bits per heavy atom. The van der Waals surface area contributed by atoms with Gasteiger partial charge in [-0.1, -0.05) is 0 Å². The van der Waals surface area contributed by atoms with Crippen LogP contribution >= 0.6 is 45.2 Å². The lowest BCUT2D eigenvalue weighted by Gasteiger charge is -2.01. The van der Waals surface area contributed by atoms with E-state index in [9.17, 15) is 5.11 Å². The van der Waals surface area contributed by atoms with Crippen molar-refractivity contribution in [2.45, 2.75) is 13.8 Å². The van der Waals surface area contributed by atoms with Crippen LogP contribution in [0.25, 0.3) is 0 Å². The summed E-state index contributed by atoms with van der Waals surface area (Å²) in [5, 5.41) is 18.8. The van der Waals surface area contributed by atoms with Crippen molar-refractivity contribution in [3.8, 4) is 11.8 Å². The first-order valence-electron chi connectivity index (χ1n) is 5.66. The molecule has 0 saturated heterocycles. The highest BCUT2D eigenvalue weighted by Gasteiger charge is 2.13. The first-order chi connectivity index (χ1) is 9.43. The molecule has 0 fully saturated rings. The monoisotopic (exact) mass is 492 g/mol. The number of phenols is 1. The number of hydrogen-bond donors (Lipinski definition) is 1. The molecule has 0 bridgehead atoms. The van der Waals surface area contributed by atoms with Gasteiger partial charge in [0.25, 0.3) is 0 Å². The first-order valence-corrected chi connectivity index (χ1v) is 7.82. The Bertz CT molecular complexity index is 719. The van der Waals surface area contributed by atoms with Gasteiger partial charge in [0.05, 0.1) is 7.14 Å². The Labute approximate surface area is 143 Å². The molecule has 0 unspecified atom stereocenters. The van der Waals surface area contributed by atoms with Gasteiger partial charge >= 0.3 is 0 Å². The molecule has 0 atom stereocenters. The van der Waals surface area contributed by atoms with Crippen LogP contribution in [0.4, 0.5) is 5.88 Å². The lowest BCUT2D eigenvalue weighted by molar-refractivity contribution is 0.467. The molecule has 1 N–H and O–H groups in total. The number of nitrogens with zero attached hydrogens (tertiary/aromatic N) is 2. The molecule has 4 nitrogen and oxygen atoms in total. The summed E-state index contributed by atoms with van der Waals surface area (Å²) in [6.45, 7) is 3.64. The number of furan rings is 1. The molecule has 0 spiro atoms. The minimum atomic E-state index is 0.269. The van der Waals surface area contributed by atoms with Gasteiger partial charge in [-0.25, -0.2) is 4.99 Å². The molecule has 2 rings (SSSR count). The predicted molar refractivity (Wildman–Crippen MR) is 93.7 cm³/mol.